The van der Waals surface area contributed by atoms with Gasteiger partial charge in [0.25, 0.3) is 0 Å². The first-order valence-electron chi connectivity index (χ1n) is 9.69. The first kappa shape index (κ1) is 17.2. The van der Waals surface area contributed by atoms with Crippen LogP contribution in [0.1, 0.15) is 75.3 Å². The molecule has 0 atom stereocenters. The number of fused-ring (bicyclic) bond motifs is 1. The minimum absolute atomic E-state index is 0.260. The molecule has 0 radical (unpaired) electrons. The molecule has 1 aromatic carbocycles. The lowest BCUT2D eigenvalue weighted by Crippen LogP contribution is -2.33. The summed E-state index contributed by atoms with van der Waals surface area (Å²) in [5.41, 5.74) is 4.90. The Kier molecular flexibility index (Phi) is 4.28. The third-order valence-electron chi connectivity index (χ3n) is 6.36. The molecule has 1 fully saturated rings. The van der Waals surface area contributed by atoms with Crippen LogP contribution in [0.4, 0.5) is 0 Å². The van der Waals surface area contributed by atoms with Crippen LogP contribution in [0.15, 0.2) is 24.4 Å². The highest BCUT2D eigenvalue weighted by Crippen LogP contribution is 2.47. The van der Waals surface area contributed by atoms with E-state index in [-0.39, 0.29) is 10.8 Å². The van der Waals surface area contributed by atoms with Gasteiger partial charge in [-0.3, -0.25) is 0 Å². The molecule has 1 N–H and O–H groups in total. The number of piperidine rings is 1. The van der Waals surface area contributed by atoms with E-state index in [0.717, 1.165) is 13.1 Å². The average Bonchev–Trinajstić information content (AvgIpc) is 3.10. The summed E-state index contributed by atoms with van der Waals surface area (Å²) in [4.78, 5) is 6.26. The van der Waals surface area contributed by atoms with E-state index in [2.05, 4.69) is 57.4 Å². The van der Waals surface area contributed by atoms with E-state index in [9.17, 15) is 0 Å². The van der Waals surface area contributed by atoms with Crippen molar-refractivity contribution < 1.29 is 0 Å². The van der Waals surface area contributed by atoms with Crippen LogP contribution in [0.5, 0.6) is 0 Å². The predicted octanol–water partition coefficient (Wildman–Crippen LogP) is 5.63. The molecule has 1 saturated heterocycles. The van der Waals surface area contributed by atoms with Crippen molar-refractivity contribution in [2.24, 2.45) is 0 Å². The summed E-state index contributed by atoms with van der Waals surface area (Å²) in [5.74, 6) is 0.695. The normalized spacial score (nSPS) is 22.6. The summed E-state index contributed by atoms with van der Waals surface area (Å²) in [7, 11) is 0. The largest absolute Gasteiger partial charge is 0.317 e. The van der Waals surface area contributed by atoms with Gasteiger partial charge >= 0.3 is 0 Å². The van der Waals surface area contributed by atoms with E-state index in [1.165, 1.54) is 52.3 Å². The van der Waals surface area contributed by atoms with Gasteiger partial charge in [0.1, 0.15) is 5.01 Å². The zero-order valence-corrected chi connectivity index (χ0v) is 16.8. The molecule has 25 heavy (non-hydrogen) atoms. The summed E-state index contributed by atoms with van der Waals surface area (Å²) in [6, 6.07) is 7.10. The monoisotopic (exact) mass is 354 g/mol. The summed E-state index contributed by atoms with van der Waals surface area (Å²) in [6.45, 7) is 11.8. The fraction of sp³-hybridized carbons (Fsp3) is 0.591. The standard InChI is InChI=1S/C22H30N2S/c1-21(2)9-10-22(3,4)18-13-16(5-6-17(18)21)20-24-14-19(25-20)15-7-11-23-12-8-15/h5-6,13-15,23H,7-12H2,1-4H3. The van der Waals surface area contributed by atoms with Crippen LogP contribution in [0.25, 0.3) is 10.6 Å². The van der Waals surface area contributed by atoms with Crippen LogP contribution in [-0.2, 0) is 10.8 Å². The van der Waals surface area contributed by atoms with Crippen LogP contribution in [0, 0.1) is 0 Å². The lowest BCUT2D eigenvalue weighted by molar-refractivity contribution is 0.332. The highest BCUT2D eigenvalue weighted by atomic mass is 32.1. The second kappa shape index (κ2) is 6.21. The van der Waals surface area contributed by atoms with Crippen molar-refractivity contribution in [2.45, 2.75) is 70.1 Å². The number of nitrogens with zero attached hydrogens (tertiary/aromatic N) is 1. The molecule has 0 bridgehead atoms. The molecule has 2 aromatic rings. The van der Waals surface area contributed by atoms with Crippen molar-refractivity contribution >= 4 is 11.3 Å². The van der Waals surface area contributed by atoms with Crippen LogP contribution < -0.4 is 5.32 Å². The fourth-order valence-corrected chi connectivity index (χ4v) is 5.52. The maximum Gasteiger partial charge on any atom is 0.123 e. The number of benzene rings is 1. The molecule has 0 spiro atoms. The zero-order chi connectivity index (χ0) is 17.7. The van der Waals surface area contributed by atoms with Gasteiger partial charge in [-0.1, -0.05) is 39.8 Å². The number of hydrogen-bond donors (Lipinski definition) is 1. The van der Waals surface area contributed by atoms with Gasteiger partial charge in [-0.05, 0) is 72.7 Å². The third kappa shape index (κ3) is 3.17. The molecular formula is C22H30N2S. The Morgan fingerprint density at radius 1 is 1.00 bits per heavy atom. The number of hydrogen-bond acceptors (Lipinski definition) is 3. The highest BCUT2D eigenvalue weighted by Gasteiger charge is 2.37. The Balaban J connectivity index is 1.69. The van der Waals surface area contributed by atoms with E-state index >= 15 is 0 Å². The highest BCUT2D eigenvalue weighted by molar-refractivity contribution is 7.15. The molecule has 1 aliphatic carbocycles. The second-order valence-electron chi connectivity index (χ2n) is 9.12. The molecule has 4 rings (SSSR count). The Bertz CT molecular complexity index is 766. The number of rotatable bonds is 2. The molecular weight excluding hydrogens is 324 g/mol. The summed E-state index contributed by atoms with van der Waals surface area (Å²) in [6.07, 6.45) is 7.14. The Morgan fingerprint density at radius 2 is 1.68 bits per heavy atom. The maximum atomic E-state index is 4.79. The van der Waals surface area contributed by atoms with Gasteiger partial charge in [-0.25, -0.2) is 4.98 Å². The van der Waals surface area contributed by atoms with Gasteiger partial charge in [-0.2, -0.15) is 0 Å². The van der Waals surface area contributed by atoms with Crippen molar-refractivity contribution in [1.29, 1.82) is 0 Å². The Labute approximate surface area is 156 Å². The molecule has 2 nitrogen and oxygen atoms in total. The van der Waals surface area contributed by atoms with Gasteiger partial charge in [0.05, 0.1) is 0 Å². The number of thiazole rings is 1. The number of nitrogens with one attached hydrogen (secondary N) is 1. The zero-order valence-electron chi connectivity index (χ0n) is 16.0. The van der Waals surface area contributed by atoms with Gasteiger partial charge in [0.15, 0.2) is 0 Å². The van der Waals surface area contributed by atoms with E-state index < -0.39 is 0 Å². The van der Waals surface area contributed by atoms with Gasteiger partial charge in [-0.15, -0.1) is 11.3 Å². The maximum absolute atomic E-state index is 4.79. The van der Waals surface area contributed by atoms with Gasteiger partial charge in [0.2, 0.25) is 0 Å². The predicted molar refractivity (Wildman–Crippen MR) is 108 cm³/mol. The molecule has 2 heterocycles. The quantitative estimate of drug-likeness (QED) is 0.756. The van der Waals surface area contributed by atoms with Crippen molar-refractivity contribution in [3.63, 3.8) is 0 Å². The SMILES string of the molecule is CC1(C)CCC(C)(C)c2cc(-c3ncc(C4CCNCC4)s3)ccc21. The van der Waals surface area contributed by atoms with Crippen LogP contribution in [0.3, 0.4) is 0 Å². The van der Waals surface area contributed by atoms with Crippen molar-refractivity contribution in [1.82, 2.24) is 10.3 Å². The number of aromatic nitrogens is 1. The van der Waals surface area contributed by atoms with Crippen LogP contribution in [-0.4, -0.2) is 18.1 Å². The molecule has 2 aliphatic rings. The van der Waals surface area contributed by atoms with E-state index in [0.29, 0.717) is 5.92 Å². The molecule has 0 amide bonds. The first-order valence-corrected chi connectivity index (χ1v) is 10.5. The van der Waals surface area contributed by atoms with Crippen molar-refractivity contribution in [3.8, 4) is 10.6 Å². The average molecular weight is 355 g/mol. The van der Waals surface area contributed by atoms with E-state index in [4.69, 9.17) is 4.98 Å². The first-order chi connectivity index (χ1) is 11.9. The molecule has 134 valence electrons. The van der Waals surface area contributed by atoms with Gasteiger partial charge in [0, 0.05) is 16.6 Å². The molecule has 3 heteroatoms. The minimum Gasteiger partial charge on any atom is -0.317 e. The lowest BCUT2D eigenvalue weighted by Gasteiger charge is -2.42. The molecule has 0 unspecified atom stereocenters. The minimum atomic E-state index is 0.260. The molecule has 1 aliphatic heterocycles. The summed E-state index contributed by atoms with van der Waals surface area (Å²) in [5, 5.41) is 4.65. The van der Waals surface area contributed by atoms with Gasteiger partial charge < -0.3 is 5.32 Å². The second-order valence-corrected chi connectivity index (χ2v) is 10.2. The third-order valence-corrected chi connectivity index (χ3v) is 7.57. The molecule has 0 saturated carbocycles. The topological polar surface area (TPSA) is 24.9 Å². The van der Waals surface area contributed by atoms with Crippen molar-refractivity contribution in [2.75, 3.05) is 13.1 Å². The van der Waals surface area contributed by atoms with E-state index in [1.54, 1.807) is 0 Å². The summed E-state index contributed by atoms with van der Waals surface area (Å²) >= 11 is 1.90. The lowest BCUT2D eigenvalue weighted by atomic mass is 9.63. The Hall–Kier alpha value is -1.19. The van der Waals surface area contributed by atoms with Crippen molar-refractivity contribution in [3.05, 3.63) is 40.4 Å². The smallest absolute Gasteiger partial charge is 0.123 e. The van der Waals surface area contributed by atoms with Crippen LogP contribution >= 0.6 is 11.3 Å². The fourth-order valence-electron chi connectivity index (χ4n) is 4.44. The molecule has 1 aromatic heterocycles. The van der Waals surface area contributed by atoms with Crippen LogP contribution in [0.2, 0.25) is 0 Å². The van der Waals surface area contributed by atoms with E-state index in [1.807, 2.05) is 11.3 Å². The summed E-state index contributed by atoms with van der Waals surface area (Å²) < 4.78 is 0. The Morgan fingerprint density at radius 3 is 2.40 bits per heavy atom.